The van der Waals surface area contributed by atoms with Crippen LogP contribution in [0.3, 0.4) is 0 Å². The minimum atomic E-state index is 0.633. The molecule has 1 heteroatoms. The highest BCUT2D eigenvalue weighted by Crippen LogP contribution is 2.25. The van der Waals surface area contributed by atoms with Gasteiger partial charge in [-0.2, -0.15) is 0 Å². The normalized spacial score (nSPS) is 21.0. The van der Waals surface area contributed by atoms with Crippen molar-refractivity contribution in [2.75, 3.05) is 0 Å². The Bertz CT molecular complexity index is 307. The molecular weight excluding hydrogens is 148 g/mol. The summed E-state index contributed by atoms with van der Waals surface area (Å²) in [4.78, 5) is 0. The van der Waals surface area contributed by atoms with Gasteiger partial charge < -0.3 is 4.42 Å². The third-order valence-corrected chi connectivity index (χ3v) is 2.35. The number of allylic oxidation sites excluding steroid dienone is 1. The molecule has 1 unspecified atom stereocenters. The van der Waals surface area contributed by atoms with Gasteiger partial charge in [-0.05, 0) is 12.0 Å². The van der Waals surface area contributed by atoms with E-state index in [4.69, 9.17) is 4.42 Å². The van der Waals surface area contributed by atoms with E-state index in [2.05, 4.69) is 32.1 Å². The van der Waals surface area contributed by atoms with Crippen LogP contribution in [0.1, 0.15) is 30.9 Å². The molecule has 1 aliphatic carbocycles. The van der Waals surface area contributed by atoms with Crippen LogP contribution in [0.25, 0.3) is 6.08 Å². The second kappa shape index (κ2) is 2.81. The Morgan fingerprint density at radius 3 is 3.17 bits per heavy atom. The number of hydrogen-bond acceptors (Lipinski definition) is 1. The molecule has 0 N–H and O–H groups in total. The Morgan fingerprint density at radius 2 is 2.42 bits per heavy atom. The molecule has 12 heavy (non-hydrogen) atoms. The van der Waals surface area contributed by atoms with E-state index in [1.54, 1.807) is 0 Å². The van der Waals surface area contributed by atoms with Crippen LogP contribution in [0.2, 0.25) is 0 Å². The molecule has 1 atom stereocenters. The average molecular weight is 162 g/mol. The molecule has 0 fully saturated rings. The summed E-state index contributed by atoms with van der Waals surface area (Å²) in [6.45, 7) is 4.34. The maximum Gasteiger partial charge on any atom is 0.111 e. The van der Waals surface area contributed by atoms with E-state index in [0.29, 0.717) is 5.92 Å². The molecule has 0 saturated heterocycles. The molecule has 1 aromatic heterocycles. The Balaban J connectivity index is 2.37. The van der Waals surface area contributed by atoms with Crippen molar-refractivity contribution in [3.8, 4) is 0 Å². The number of aryl methyl sites for hydroxylation is 1. The van der Waals surface area contributed by atoms with Gasteiger partial charge in [0, 0.05) is 18.4 Å². The number of hydrogen-bond donors (Lipinski definition) is 0. The number of rotatable bonds is 1. The lowest BCUT2D eigenvalue weighted by molar-refractivity contribution is 0.450. The summed E-state index contributed by atoms with van der Waals surface area (Å²) in [6, 6.07) is 2.15. The summed E-state index contributed by atoms with van der Waals surface area (Å²) >= 11 is 0. The predicted molar refractivity (Wildman–Crippen MR) is 50.0 cm³/mol. The van der Waals surface area contributed by atoms with Gasteiger partial charge in [0.1, 0.15) is 11.5 Å². The second-order valence-electron chi connectivity index (χ2n) is 3.49. The molecule has 0 radical (unpaired) electrons. The molecule has 0 aliphatic heterocycles. The Labute approximate surface area is 73.1 Å². The zero-order chi connectivity index (χ0) is 8.55. The average Bonchev–Trinajstić information content (AvgIpc) is 2.46. The van der Waals surface area contributed by atoms with Gasteiger partial charge in [0.2, 0.25) is 0 Å². The quantitative estimate of drug-likeness (QED) is 0.618. The molecule has 1 aromatic rings. The first-order chi connectivity index (χ1) is 5.79. The van der Waals surface area contributed by atoms with Crippen LogP contribution < -0.4 is 0 Å². The fourth-order valence-electron chi connectivity index (χ4n) is 1.60. The number of furan rings is 1. The third kappa shape index (κ3) is 1.20. The van der Waals surface area contributed by atoms with Crippen molar-refractivity contribution in [1.29, 1.82) is 0 Å². The van der Waals surface area contributed by atoms with E-state index in [1.807, 2.05) is 0 Å². The van der Waals surface area contributed by atoms with Gasteiger partial charge in [0.05, 0.1) is 0 Å². The standard InChI is InChI=1S/C11H14O/c1-3-10-7-9-5-4-8(2)6-11(9)12-10/h4-5,7-8H,3,6H2,1-2H3. The first kappa shape index (κ1) is 7.66. The lowest BCUT2D eigenvalue weighted by Crippen LogP contribution is -1.99. The molecule has 0 spiro atoms. The summed E-state index contributed by atoms with van der Waals surface area (Å²) < 4.78 is 5.67. The summed E-state index contributed by atoms with van der Waals surface area (Å²) in [6.07, 6.45) is 6.48. The van der Waals surface area contributed by atoms with Gasteiger partial charge in [-0.1, -0.05) is 26.0 Å². The molecule has 1 nitrogen and oxygen atoms in total. The van der Waals surface area contributed by atoms with E-state index < -0.39 is 0 Å². The van der Waals surface area contributed by atoms with Crippen LogP contribution in [0.5, 0.6) is 0 Å². The van der Waals surface area contributed by atoms with Gasteiger partial charge in [0.15, 0.2) is 0 Å². The Kier molecular flexibility index (Phi) is 1.80. The van der Waals surface area contributed by atoms with Crippen LogP contribution in [0, 0.1) is 5.92 Å². The monoisotopic (exact) mass is 162 g/mol. The summed E-state index contributed by atoms with van der Waals surface area (Å²) in [5, 5.41) is 0. The van der Waals surface area contributed by atoms with Crippen molar-refractivity contribution >= 4 is 6.08 Å². The van der Waals surface area contributed by atoms with Crippen LogP contribution in [0.15, 0.2) is 16.6 Å². The van der Waals surface area contributed by atoms with Crippen LogP contribution >= 0.6 is 0 Å². The molecule has 64 valence electrons. The lowest BCUT2D eigenvalue weighted by atomic mass is 9.97. The third-order valence-electron chi connectivity index (χ3n) is 2.35. The van der Waals surface area contributed by atoms with Crippen LogP contribution in [0.4, 0.5) is 0 Å². The zero-order valence-electron chi connectivity index (χ0n) is 7.63. The van der Waals surface area contributed by atoms with Crippen LogP contribution in [-0.2, 0) is 12.8 Å². The van der Waals surface area contributed by atoms with Crippen molar-refractivity contribution in [3.63, 3.8) is 0 Å². The minimum absolute atomic E-state index is 0.633. The van der Waals surface area contributed by atoms with Crippen molar-refractivity contribution in [3.05, 3.63) is 29.2 Å². The zero-order valence-corrected chi connectivity index (χ0v) is 7.63. The van der Waals surface area contributed by atoms with Gasteiger partial charge in [-0.15, -0.1) is 0 Å². The van der Waals surface area contributed by atoms with Crippen molar-refractivity contribution < 1.29 is 4.42 Å². The highest BCUT2D eigenvalue weighted by atomic mass is 16.3. The van der Waals surface area contributed by atoms with E-state index in [0.717, 1.165) is 18.6 Å². The first-order valence-corrected chi connectivity index (χ1v) is 4.59. The smallest absolute Gasteiger partial charge is 0.111 e. The van der Waals surface area contributed by atoms with Gasteiger partial charge in [0.25, 0.3) is 0 Å². The van der Waals surface area contributed by atoms with E-state index in [9.17, 15) is 0 Å². The number of fused-ring (bicyclic) bond motifs is 1. The molecule has 0 amide bonds. The Morgan fingerprint density at radius 1 is 1.58 bits per heavy atom. The summed E-state index contributed by atoms with van der Waals surface area (Å²) in [5.41, 5.74) is 1.28. The van der Waals surface area contributed by atoms with E-state index >= 15 is 0 Å². The lowest BCUT2D eigenvalue weighted by Gasteiger charge is -2.09. The first-order valence-electron chi connectivity index (χ1n) is 4.59. The maximum atomic E-state index is 5.67. The topological polar surface area (TPSA) is 13.1 Å². The summed E-state index contributed by atoms with van der Waals surface area (Å²) in [7, 11) is 0. The second-order valence-corrected chi connectivity index (χ2v) is 3.49. The van der Waals surface area contributed by atoms with Gasteiger partial charge >= 0.3 is 0 Å². The Hall–Kier alpha value is -0.980. The fourth-order valence-corrected chi connectivity index (χ4v) is 1.60. The molecule has 1 aliphatic rings. The minimum Gasteiger partial charge on any atom is -0.465 e. The highest BCUT2D eigenvalue weighted by Gasteiger charge is 2.14. The van der Waals surface area contributed by atoms with Gasteiger partial charge in [-0.25, -0.2) is 0 Å². The molecule has 0 aromatic carbocycles. The van der Waals surface area contributed by atoms with Crippen LogP contribution in [-0.4, -0.2) is 0 Å². The van der Waals surface area contributed by atoms with E-state index in [1.165, 1.54) is 11.3 Å². The highest BCUT2D eigenvalue weighted by molar-refractivity contribution is 5.54. The van der Waals surface area contributed by atoms with E-state index in [-0.39, 0.29) is 0 Å². The SMILES string of the molecule is CCc1cc2c(o1)CC(C)C=C2. The maximum absolute atomic E-state index is 5.67. The van der Waals surface area contributed by atoms with Crippen molar-refractivity contribution in [2.45, 2.75) is 26.7 Å². The molecule has 2 rings (SSSR count). The largest absolute Gasteiger partial charge is 0.465 e. The van der Waals surface area contributed by atoms with Gasteiger partial charge in [-0.3, -0.25) is 0 Å². The summed E-state index contributed by atoms with van der Waals surface area (Å²) in [5.74, 6) is 2.91. The molecule has 0 bridgehead atoms. The molecule has 1 heterocycles. The fraction of sp³-hybridized carbons (Fsp3) is 0.455. The predicted octanol–water partition coefficient (Wildman–Crippen LogP) is 3.05. The van der Waals surface area contributed by atoms with Crippen molar-refractivity contribution in [1.82, 2.24) is 0 Å². The molecular formula is C11H14O. The van der Waals surface area contributed by atoms with Crippen molar-refractivity contribution in [2.24, 2.45) is 5.92 Å². The molecule has 0 saturated carbocycles.